The molecule has 0 radical (unpaired) electrons. The molecule has 0 aromatic carbocycles. The van der Waals surface area contributed by atoms with Gasteiger partial charge in [0, 0.05) is 12.2 Å². The Labute approximate surface area is 72.4 Å². The molecule has 6 heteroatoms. The van der Waals surface area contributed by atoms with Gasteiger partial charge in [-0.05, 0) is 0 Å². The van der Waals surface area contributed by atoms with Crippen molar-refractivity contribution >= 4 is 11.8 Å². The minimum Gasteiger partial charge on any atom is -0.385 e. The number of rotatable bonds is 3. The molecule has 1 N–H and O–H groups in total. The van der Waals surface area contributed by atoms with Gasteiger partial charge in [-0.15, -0.1) is 0 Å². The van der Waals surface area contributed by atoms with E-state index in [1.807, 2.05) is 0 Å². The Kier molecular flexibility index (Phi) is 2.72. The number of hydrogen-bond donors (Lipinski definition) is 1. The van der Waals surface area contributed by atoms with Gasteiger partial charge >= 0.3 is 0 Å². The maximum absolute atomic E-state index is 11.8. The maximum Gasteiger partial charge on any atom is 0.265 e. The van der Waals surface area contributed by atoms with E-state index in [1.54, 1.807) is 0 Å². The third-order valence-corrected chi connectivity index (χ3v) is 1.56. The van der Waals surface area contributed by atoms with Crippen LogP contribution in [-0.4, -0.2) is 40.9 Å². The van der Waals surface area contributed by atoms with E-state index >= 15 is 0 Å². The first-order valence-electron chi connectivity index (χ1n) is 3.52. The summed E-state index contributed by atoms with van der Waals surface area (Å²) < 4.78 is 23.6. The number of carbonyl (C=O) groups excluding carboxylic acids is 2. The molecular weight excluding hydrogens is 184 g/mol. The number of nitrogens with zero attached hydrogens (tertiary/aromatic N) is 1. The van der Waals surface area contributed by atoms with Crippen LogP contribution in [0.4, 0.5) is 8.78 Å². The number of hydrogen-bond acceptors (Lipinski definition) is 3. The average molecular weight is 191 g/mol. The molecular formula is C7H7F2NO3. The molecule has 1 heterocycles. The zero-order chi connectivity index (χ0) is 10.0. The van der Waals surface area contributed by atoms with E-state index in [1.165, 1.54) is 0 Å². The van der Waals surface area contributed by atoms with Crippen LogP contribution in [0.25, 0.3) is 0 Å². The Morgan fingerprint density at radius 1 is 1.31 bits per heavy atom. The van der Waals surface area contributed by atoms with Crippen molar-refractivity contribution in [3.05, 3.63) is 12.2 Å². The molecule has 0 bridgehead atoms. The Morgan fingerprint density at radius 2 is 1.77 bits per heavy atom. The first kappa shape index (κ1) is 9.79. The van der Waals surface area contributed by atoms with E-state index in [0.29, 0.717) is 4.90 Å². The first-order valence-corrected chi connectivity index (χ1v) is 3.52. The largest absolute Gasteiger partial charge is 0.385 e. The fourth-order valence-electron chi connectivity index (χ4n) is 0.878. The third kappa shape index (κ3) is 2.09. The lowest BCUT2D eigenvalue weighted by atomic mass is 10.3. The van der Waals surface area contributed by atoms with E-state index < -0.39 is 30.9 Å². The number of carbonyl (C=O) groups is 2. The Bertz CT molecular complexity index is 246. The van der Waals surface area contributed by atoms with Gasteiger partial charge in [0.2, 0.25) is 0 Å². The van der Waals surface area contributed by atoms with E-state index in [0.717, 1.165) is 12.2 Å². The van der Waals surface area contributed by atoms with Gasteiger partial charge in [-0.25, -0.2) is 8.78 Å². The summed E-state index contributed by atoms with van der Waals surface area (Å²) in [6.45, 7) is -0.664. The van der Waals surface area contributed by atoms with Crippen molar-refractivity contribution in [3.63, 3.8) is 0 Å². The van der Waals surface area contributed by atoms with Crippen LogP contribution in [0.2, 0.25) is 0 Å². The second-order valence-corrected chi connectivity index (χ2v) is 2.52. The van der Waals surface area contributed by atoms with Gasteiger partial charge in [-0.2, -0.15) is 0 Å². The Balaban J connectivity index is 2.55. The van der Waals surface area contributed by atoms with Gasteiger partial charge in [0.1, 0.15) is 6.10 Å². The molecule has 0 saturated carbocycles. The number of aliphatic hydroxyl groups excluding tert-OH is 1. The fraction of sp³-hybridized carbons (Fsp3) is 0.429. The molecule has 4 nitrogen and oxygen atoms in total. The van der Waals surface area contributed by atoms with Crippen LogP contribution in [-0.2, 0) is 9.59 Å². The number of aliphatic hydroxyl groups is 1. The molecule has 2 amide bonds. The fourth-order valence-corrected chi connectivity index (χ4v) is 0.878. The van der Waals surface area contributed by atoms with Gasteiger partial charge in [0.25, 0.3) is 18.2 Å². The van der Waals surface area contributed by atoms with Crippen LogP contribution in [0, 0.1) is 0 Å². The van der Waals surface area contributed by atoms with Gasteiger partial charge in [0.15, 0.2) is 0 Å². The van der Waals surface area contributed by atoms with E-state index in [9.17, 15) is 18.4 Å². The smallest absolute Gasteiger partial charge is 0.265 e. The van der Waals surface area contributed by atoms with Crippen LogP contribution in [0.3, 0.4) is 0 Å². The topological polar surface area (TPSA) is 57.6 Å². The van der Waals surface area contributed by atoms with Crippen LogP contribution in [0.5, 0.6) is 0 Å². The number of imide groups is 1. The predicted octanol–water partition coefficient (Wildman–Crippen LogP) is -0.463. The molecule has 0 aromatic heterocycles. The van der Waals surface area contributed by atoms with Gasteiger partial charge in [-0.3, -0.25) is 14.5 Å². The standard InChI is InChI=1S/C7H7F2NO3/c8-7(9)4(11)3-10-5(12)1-2-6(10)13/h1-2,4,7,11H,3H2. The van der Waals surface area contributed by atoms with Crippen LogP contribution in [0.15, 0.2) is 12.2 Å². The molecule has 1 atom stereocenters. The highest BCUT2D eigenvalue weighted by Gasteiger charge is 2.29. The SMILES string of the molecule is O=C1C=CC(=O)N1CC(O)C(F)F. The Hall–Kier alpha value is -1.30. The minimum atomic E-state index is -2.96. The number of halogens is 2. The van der Waals surface area contributed by atoms with Crippen molar-refractivity contribution in [2.24, 2.45) is 0 Å². The molecule has 0 spiro atoms. The third-order valence-electron chi connectivity index (χ3n) is 1.56. The lowest BCUT2D eigenvalue weighted by Gasteiger charge is -2.17. The summed E-state index contributed by atoms with van der Waals surface area (Å²) in [5.41, 5.74) is 0. The summed E-state index contributed by atoms with van der Waals surface area (Å²) in [5.74, 6) is -1.35. The molecule has 1 rings (SSSR count). The monoisotopic (exact) mass is 191 g/mol. The molecule has 13 heavy (non-hydrogen) atoms. The molecule has 72 valence electrons. The van der Waals surface area contributed by atoms with Gasteiger partial charge in [-0.1, -0.05) is 0 Å². The normalized spacial score (nSPS) is 18.9. The highest BCUT2D eigenvalue weighted by Crippen LogP contribution is 2.08. The van der Waals surface area contributed by atoms with Gasteiger partial charge < -0.3 is 5.11 Å². The predicted molar refractivity (Wildman–Crippen MR) is 37.9 cm³/mol. The molecule has 1 unspecified atom stereocenters. The zero-order valence-electron chi connectivity index (χ0n) is 6.48. The minimum absolute atomic E-state index is 0.566. The van der Waals surface area contributed by atoms with Crippen molar-refractivity contribution in [2.45, 2.75) is 12.5 Å². The van der Waals surface area contributed by atoms with Crippen molar-refractivity contribution in [1.82, 2.24) is 4.90 Å². The lowest BCUT2D eigenvalue weighted by Crippen LogP contribution is -2.39. The van der Waals surface area contributed by atoms with Crippen molar-refractivity contribution in [1.29, 1.82) is 0 Å². The van der Waals surface area contributed by atoms with Crippen LogP contribution in [0.1, 0.15) is 0 Å². The summed E-state index contributed by atoms with van der Waals surface area (Å²) >= 11 is 0. The van der Waals surface area contributed by atoms with Gasteiger partial charge in [0.05, 0.1) is 6.54 Å². The molecule has 0 aromatic rings. The highest BCUT2D eigenvalue weighted by molar-refractivity contribution is 6.12. The second kappa shape index (κ2) is 3.61. The number of β-amino-alcohol motifs (C(OH)–C–C–N with tert-alkyl or cyclic N) is 1. The molecule has 1 aliphatic rings. The Morgan fingerprint density at radius 3 is 2.15 bits per heavy atom. The number of amides is 2. The average Bonchev–Trinajstić information content (AvgIpc) is 2.35. The summed E-state index contributed by atoms with van der Waals surface area (Å²) in [6, 6.07) is 0. The molecule has 0 fully saturated rings. The van der Waals surface area contributed by atoms with Crippen LogP contribution >= 0.6 is 0 Å². The molecule has 0 saturated heterocycles. The zero-order valence-corrected chi connectivity index (χ0v) is 6.48. The summed E-state index contributed by atoms with van der Waals surface area (Å²) in [4.78, 5) is 22.2. The highest BCUT2D eigenvalue weighted by atomic mass is 19.3. The van der Waals surface area contributed by atoms with E-state index in [4.69, 9.17) is 5.11 Å². The first-order chi connectivity index (χ1) is 6.02. The maximum atomic E-state index is 11.8. The van der Waals surface area contributed by atoms with Crippen molar-refractivity contribution < 1.29 is 23.5 Å². The van der Waals surface area contributed by atoms with E-state index in [-0.39, 0.29) is 0 Å². The summed E-state index contributed by atoms with van der Waals surface area (Å²) in [5, 5.41) is 8.70. The lowest BCUT2D eigenvalue weighted by molar-refractivity contribution is -0.140. The summed E-state index contributed by atoms with van der Waals surface area (Å²) in [7, 11) is 0. The molecule has 1 aliphatic heterocycles. The molecule has 0 aliphatic carbocycles. The second-order valence-electron chi connectivity index (χ2n) is 2.52. The number of alkyl halides is 2. The van der Waals surface area contributed by atoms with E-state index in [2.05, 4.69) is 0 Å². The van der Waals surface area contributed by atoms with Crippen molar-refractivity contribution in [3.8, 4) is 0 Å². The van der Waals surface area contributed by atoms with Crippen molar-refractivity contribution in [2.75, 3.05) is 6.54 Å². The van der Waals surface area contributed by atoms with Crippen LogP contribution < -0.4 is 0 Å². The summed E-state index contributed by atoms with van der Waals surface area (Å²) in [6.07, 6.45) is -2.99. The quantitative estimate of drug-likeness (QED) is 0.614.